The molecule has 0 aliphatic heterocycles. The van der Waals surface area contributed by atoms with E-state index in [1.54, 1.807) is 11.1 Å². The summed E-state index contributed by atoms with van der Waals surface area (Å²) in [7, 11) is 0. The molecule has 0 fully saturated rings. The maximum absolute atomic E-state index is 2.38. The van der Waals surface area contributed by atoms with Gasteiger partial charge in [-0.1, -0.05) is 49.6 Å². The molecule has 0 heterocycles. The van der Waals surface area contributed by atoms with Crippen molar-refractivity contribution >= 4 is 0 Å². The van der Waals surface area contributed by atoms with Crippen LogP contribution in [-0.2, 0) is 0 Å². The van der Waals surface area contributed by atoms with Gasteiger partial charge in [-0.15, -0.1) is 0 Å². The Morgan fingerprint density at radius 1 is 1.25 bits per heavy atom. The molecule has 0 aromatic rings. The normalized spacial score (nSPS) is 22.7. The Hall–Kier alpha value is -0.780. The Labute approximate surface area is 101 Å². The average Bonchev–Trinajstić information content (AvgIpc) is 2.35. The fraction of sp³-hybridized carbons (Fsp3) is 0.625. The molecule has 0 spiro atoms. The van der Waals surface area contributed by atoms with Crippen LogP contribution in [0.1, 0.15) is 60.3 Å². The van der Waals surface area contributed by atoms with Crippen molar-refractivity contribution in [2.24, 2.45) is 5.41 Å². The molecular formula is C16H26. The first-order valence-corrected chi connectivity index (χ1v) is 6.48. The summed E-state index contributed by atoms with van der Waals surface area (Å²) in [6, 6.07) is 0. The molecular weight excluding hydrogens is 192 g/mol. The predicted octanol–water partition coefficient (Wildman–Crippen LogP) is 5.43. The first-order chi connectivity index (χ1) is 7.47. The molecule has 0 bridgehead atoms. The van der Waals surface area contributed by atoms with Crippen LogP contribution in [0.4, 0.5) is 0 Å². The minimum atomic E-state index is 0.352. The van der Waals surface area contributed by atoms with Gasteiger partial charge >= 0.3 is 0 Å². The van der Waals surface area contributed by atoms with Crippen molar-refractivity contribution in [1.82, 2.24) is 0 Å². The summed E-state index contributed by atoms with van der Waals surface area (Å²) in [5, 5.41) is 0. The Morgan fingerprint density at radius 2 is 1.94 bits per heavy atom. The number of hydrogen-bond acceptors (Lipinski definition) is 0. The molecule has 0 nitrogen and oxygen atoms in total. The van der Waals surface area contributed by atoms with Crippen LogP contribution in [0.3, 0.4) is 0 Å². The van der Waals surface area contributed by atoms with Crippen molar-refractivity contribution < 1.29 is 0 Å². The highest BCUT2D eigenvalue weighted by molar-refractivity contribution is 5.34. The monoisotopic (exact) mass is 218 g/mol. The van der Waals surface area contributed by atoms with E-state index in [0.29, 0.717) is 5.41 Å². The second kappa shape index (κ2) is 5.52. The minimum absolute atomic E-state index is 0.352. The summed E-state index contributed by atoms with van der Waals surface area (Å²) in [4.78, 5) is 0. The molecule has 90 valence electrons. The van der Waals surface area contributed by atoms with Crippen LogP contribution in [0.2, 0.25) is 0 Å². The largest absolute Gasteiger partial charge is 0.0847 e. The molecule has 0 heteroatoms. The van der Waals surface area contributed by atoms with E-state index in [9.17, 15) is 0 Å². The fourth-order valence-corrected chi connectivity index (χ4v) is 2.48. The first-order valence-electron chi connectivity index (χ1n) is 6.48. The molecule has 0 unspecified atom stereocenters. The zero-order valence-corrected chi connectivity index (χ0v) is 11.6. The van der Waals surface area contributed by atoms with Crippen LogP contribution in [0.15, 0.2) is 34.9 Å². The van der Waals surface area contributed by atoms with Crippen molar-refractivity contribution in [1.29, 1.82) is 0 Å². The summed E-state index contributed by atoms with van der Waals surface area (Å²) < 4.78 is 0. The van der Waals surface area contributed by atoms with Gasteiger partial charge in [0.25, 0.3) is 0 Å². The van der Waals surface area contributed by atoms with Gasteiger partial charge in [-0.25, -0.2) is 0 Å². The summed E-state index contributed by atoms with van der Waals surface area (Å²) in [5.74, 6) is 0. The Kier molecular flexibility index (Phi) is 4.58. The summed E-state index contributed by atoms with van der Waals surface area (Å²) in [6.45, 7) is 11.3. The minimum Gasteiger partial charge on any atom is -0.0847 e. The van der Waals surface area contributed by atoms with Gasteiger partial charge in [-0.3, -0.25) is 0 Å². The second-order valence-corrected chi connectivity index (χ2v) is 5.65. The number of hydrogen-bond donors (Lipinski definition) is 0. The van der Waals surface area contributed by atoms with E-state index < -0.39 is 0 Å². The SMILES string of the molecule is C/C=C(C)/C=C/C1=C(C)CCCCC1(C)C. The van der Waals surface area contributed by atoms with Crippen molar-refractivity contribution in [2.75, 3.05) is 0 Å². The molecule has 0 amide bonds. The molecule has 0 atom stereocenters. The van der Waals surface area contributed by atoms with Crippen LogP contribution in [-0.4, -0.2) is 0 Å². The van der Waals surface area contributed by atoms with Crippen LogP contribution in [0.25, 0.3) is 0 Å². The van der Waals surface area contributed by atoms with Gasteiger partial charge in [0, 0.05) is 0 Å². The molecule has 0 aromatic heterocycles. The van der Waals surface area contributed by atoms with E-state index in [2.05, 4.69) is 52.8 Å². The highest BCUT2D eigenvalue weighted by Crippen LogP contribution is 2.39. The van der Waals surface area contributed by atoms with Crippen molar-refractivity contribution in [2.45, 2.75) is 60.3 Å². The lowest BCUT2D eigenvalue weighted by atomic mass is 9.79. The third-order valence-electron chi connectivity index (χ3n) is 3.76. The van der Waals surface area contributed by atoms with Crippen molar-refractivity contribution in [3.63, 3.8) is 0 Å². The summed E-state index contributed by atoms with van der Waals surface area (Å²) in [6.07, 6.45) is 12.1. The van der Waals surface area contributed by atoms with Crippen LogP contribution >= 0.6 is 0 Å². The van der Waals surface area contributed by atoms with Gasteiger partial charge in [0.15, 0.2) is 0 Å². The zero-order chi connectivity index (χ0) is 12.2. The molecule has 0 radical (unpaired) electrons. The van der Waals surface area contributed by atoms with Gasteiger partial charge < -0.3 is 0 Å². The van der Waals surface area contributed by atoms with Gasteiger partial charge in [0.1, 0.15) is 0 Å². The Bertz CT molecular complexity index is 324. The molecule has 16 heavy (non-hydrogen) atoms. The zero-order valence-electron chi connectivity index (χ0n) is 11.6. The van der Waals surface area contributed by atoms with Gasteiger partial charge in [0.2, 0.25) is 0 Å². The topological polar surface area (TPSA) is 0 Å². The predicted molar refractivity (Wildman–Crippen MR) is 73.5 cm³/mol. The number of rotatable bonds is 2. The summed E-state index contributed by atoms with van der Waals surface area (Å²) in [5.41, 5.74) is 4.85. The van der Waals surface area contributed by atoms with Gasteiger partial charge in [0.05, 0.1) is 0 Å². The smallest absolute Gasteiger partial charge is 0.0104 e. The Balaban J connectivity index is 2.99. The van der Waals surface area contributed by atoms with Crippen LogP contribution < -0.4 is 0 Å². The van der Waals surface area contributed by atoms with Crippen LogP contribution in [0, 0.1) is 5.41 Å². The van der Waals surface area contributed by atoms with Crippen molar-refractivity contribution in [3.8, 4) is 0 Å². The molecule has 0 N–H and O–H groups in total. The lowest BCUT2D eigenvalue weighted by molar-refractivity contribution is 0.407. The molecule has 0 aromatic carbocycles. The quantitative estimate of drug-likeness (QED) is 0.542. The van der Waals surface area contributed by atoms with E-state index in [1.165, 1.54) is 31.3 Å². The van der Waals surface area contributed by atoms with Gasteiger partial charge in [-0.05, 0) is 51.0 Å². The molecule has 1 rings (SSSR count). The van der Waals surface area contributed by atoms with E-state index in [4.69, 9.17) is 0 Å². The molecule has 1 aliphatic rings. The molecule has 1 aliphatic carbocycles. The maximum atomic E-state index is 2.38. The van der Waals surface area contributed by atoms with Gasteiger partial charge in [-0.2, -0.15) is 0 Å². The highest BCUT2D eigenvalue weighted by atomic mass is 14.3. The van der Waals surface area contributed by atoms with E-state index in [-0.39, 0.29) is 0 Å². The third kappa shape index (κ3) is 3.37. The Morgan fingerprint density at radius 3 is 2.56 bits per heavy atom. The first kappa shape index (κ1) is 13.3. The lowest BCUT2D eigenvalue weighted by Crippen LogP contribution is -2.13. The lowest BCUT2D eigenvalue weighted by Gasteiger charge is -2.26. The second-order valence-electron chi connectivity index (χ2n) is 5.65. The third-order valence-corrected chi connectivity index (χ3v) is 3.76. The summed E-state index contributed by atoms with van der Waals surface area (Å²) >= 11 is 0. The van der Waals surface area contributed by atoms with E-state index in [0.717, 1.165) is 0 Å². The molecule has 0 saturated heterocycles. The average molecular weight is 218 g/mol. The van der Waals surface area contributed by atoms with Crippen LogP contribution in [0.5, 0.6) is 0 Å². The standard InChI is InChI=1S/C16H26/c1-6-13(2)10-11-15-14(3)9-7-8-12-16(15,4)5/h6,10-11H,7-9,12H2,1-5H3/b11-10+,13-6+. The van der Waals surface area contributed by atoms with Crippen molar-refractivity contribution in [3.05, 3.63) is 34.9 Å². The fourth-order valence-electron chi connectivity index (χ4n) is 2.48. The van der Waals surface area contributed by atoms with E-state index >= 15 is 0 Å². The van der Waals surface area contributed by atoms with E-state index in [1.807, 2.05) is 0 Å². The highest BCUT2D eigenvalue weighted by Gasteiger charge is 2.24. The maximum Gasteiger partial charge on any atom is -0.0104 e. The number of allylic oxidation sites excluding steroid dienone is 6. The molecule has 0 saturated carbocycles.